The van der Waals surface area contributed by atoms with Crippen LogP contribution in [0.4, 0.5) is 0 Å². The summed E-state index contributed by atoms with van der Waals surface area (Å²) in [6.45, 7) is 11.4. The molecule has 0 N–H and O–H groups in total. The number of benzene rings is 1. The zero-order valence-corrected chi connectivity index (χ0v) is 14.0. The number of fused-ring (bicyclic) bond motifs is 3. The number of allylic oxidation sites excluding steroid dienone is 1. The molecule has 0 heterocycles. The maximum atomic E-state index is 3.86. The van der Waals surface area contributed by atoms with Gasteiger partial charge in [-0.2, -0.15) is 0 Å². The summed E-state index contributed by atoms with van der Waals surface area (Å²) in [5.74, 6) is 0.848. The molecule has 3 rings (SSSR count). The van der Waals surface area contributed by atoms with Crippen LogP contribution in [0.15, 0.2) is 30.9 Å². The van der Waals surface area contributed by atoms with E-state index in [1.807, 2.05) is 6.08 Å². The second kappa shape index (κ2) is 5.30. The average Bonchev–Trinajstić information content (AvgIpc) is 2.44. The third-order valence-corrected chi connectivity index (χ3v) is 6.36. The van der Waals surface area contributed by atoms with Crippen LogP contribution in [0.3, 0.4) is 0 Å². The molecule has 114 valence electrons. The highest BCUT2D eigenvalue weighted by atomic mass is 14.5. The van der Waals surface area contributed by atoms with Crippen LogP contribution >= 0.6 is 0 Å². The molecule has 1 saturated carbocycles. The Morgan fingerprint density at radius 1 is 1.24 bits per heavy atom. The summed E-state index contributed by atoms with van der Waals surface area (Å²) in [4.78, 5) is 0. The van der Waals surface area contributed by atoms with E-state index in [-0.39, 0.29) is 0 Å². The lowest BCUT2D eigenvalue weighted by Crippen LogP contribution is -2.47. The first-order valence-electron chi connectivity index (χ1n) is 8.70. The first-order valence-corrected chi connectivity index (χ1v) is 8.70. The zero-order chi connectivity index (χ0) is 15.1. The van der Waals surface area contributed by atoms with Gasteiger partial charge in [0.25, 0.3) is 0 Å². The maximum absolute atomic E-state index is 3.86. The molecule has 0 amide bonds. The van der Waals surface area contributed by atoms with Gasteiger partial charge in [0, 0.05) is 0 Å². The summed E-state index contributed by atoms with van der Waals surface area (Å²) in [5, 5.41) is 0. The Balaban J connectivity index is 2.01. The van der Waals surface area contributed by atoms with Crippen LogP contribution in [0.5, 0.6) is 0 Å². The van der Waals surface area contributed by atoms with Gasteiger partial charge >= 0.3 is 0 Å². The van der Waals surface area contributed by atoms with Crippen LogP contribution in [0.25, 0.3) is 0 Å². The van der Waals surface area contributed by atoms with Gasteiger partial charge in [0.15, 0.2) is 0 Å². The Labute approximate surface area is 130 Å². The van der Waals surface area contributed by atoms with Gasteiger partial charge < -0.3 is 0 Å². The number of rotatable bonds is 3. The highest BCUT2D eigenvalue weighted by Crippen LogP contribution is 2.57. The molecule has 0 aliphatic heterocycles. The molecule has 2 aliphatic rings. The zero-order valence-electron chi connectivity index (χ0n) is 14.0. The summed E-state index contributed by atoms with van der Waals surface area (Å²) in [7, 11) is 0. The third-order valence-electron chi connectivity index (χ3n) is 6.36. The van der Waals surface area contributed by atoms with Crippen molar-refractivity contribution in [2.75, 3.05) is 0 Å². The van der Waals surface area contributed by atoms with Crippen molar-refractivity contribution in [2.24, 2.45) is 11.3 Å². The number of hydrogen-bond donors (Lipinski definition) is 0. The van der Waals surface area contributed by atoms with Crippen molar-refractivity contribution < 1.29 is 0 Å². The van der Waals surface area contributed by atoms with Crippen molar-refractivity contribution >= 4 is 0 Å². The van der Waals surface area contributed by atoms with Crippen LogP contribution in [0.1, 0.15) is 69.6 Å². The molecule has 1 aromatic carbocycles. The van der Waals surface area contributed by atoms with Gasteiger partial charge in [0.1, 0.15) is 0 Å². The van der Waals surface area contributed by atoms with Crippen molar-refractivity contribution in [3.05, 3.63) is 47.5 Å². The SMILES string of the molecule is C=CCCc1ccc2c(c1)C1(C)CCCC(C)(C)C1CC2. The average molecular weight is 282 g/mol. The van der Waals surface area contributed by atoms with Gasteiger partial charge in [-0.1, -0.05) is 51.5 Å². The third kappa shape index (κ3) is 2.47. The van der Waals surface area contributed by atoms with Gasteiger partial charge in [-0.05, 0) is 72.0 Å². The predicted octanol–water partition coefficient (Wildman–Crippen LogP) is 5.84. The lowest BCUT2D eigenvalue weighted by molar-refractivity contribution is 0.0407. The van der Waals surface area contributed by atoms with E-state index in [0.29, 0.717) is 10.8 Å². The van der Waals surface area contributed by atoms with Gasteiger partial charge in [0.05, 0.1) is 0 Å². The lowest BCUT2D eigenvalue weighted by atomic mass is 9.50. The van der Waals surface area contributed by atoms with Crippen molar-refractivity contribution in [3.8, 4) is 0 Å². The number of aryl methyl sites for hydroxylation is 2. The second-order valence-electron chi connectivity index (χ2n) is 8.17. The topological polar surface area (TPSA) is 0 Å². The predicted molar refractivity (Wildman–Crippen MR) is 91.8 cm³/mol. The first kappa shape index (κ1) is 14.9. The highest BCUT2D eigenvalue weighted by molar-refractivity contribution is 5.41. The Morgan fingerprint density at radius 2 is 2.05 bits per heavy atom. The van der Waals surface area contributed by atoms with E-state index in [0.717, 1.165) is 18.8 Å². The standard InChI is InChI=1S/C21H30/c1-5-6-8-16-9-10-17-11-12-19-20(2,3)13-7-14-21(19,4)18(17)15-16/h5,9-10,15,19H,1,6-8,11-14H2,2-4H3. The van der Waals surface area contributed by atoms with Crippen LogP contribution in [-0.4, -0.2) is 0 Å². The minimum Gasteiger partial charge on any atom is -0.103 e. The molecule has 2 aliphatic carbocycles. The summed E-state index contributed by atoms with van der Waals surface area (Å²) in [6.07, 6.45) is 11.1. The first-order chi connectivity index (χ1) is 9.97. The summed E-state index contributed by atoms with van der Waals surface area (Å²) in [6, 6.07) is 7.29. The van der Waals surface area contributed by atoms with E-state index in [2.05, 4.69) is 45.5 Å². The van der Waals surface area contributed by atoms with Gasteiger partial charge in [0.2, 0.25) is 0 Å². The summed E-state index contributed by atoms with van der Waals surface area (Å²) in [5.41, 5.74) is 5.70. The fraction of sp³-hybridized carbons (Fsp3) is 0.619. The summed E-state index contributed by atoms with van der Waals surface area (Å²) < 4.78 is 0. The number of hydrogen-bond acceptors (Lipinski definition) is 0. The monoisotopic (exact) mass is 282 g/mol. The van der Waals surface area contributed by atoms with E-state index in [4.69, 9.17) is 0 Å². The van der Waals surface area contributed by atoms with Crippen molar-refractivity contribution in [3.63, 3.8) is 0 Å². The maximum Gasteiger partial charge on any atom is -0.00390 e. The van der Waals surface area contributed by atoms with E-state index in [1.54, 1.807) is 11.1 Å². The van der Waals surface area contributed by atoms with E-state index >= 15 is 0 Å². The molecular formula is C21H30. The van der Waals surface area contributed by atoms with Crippen LogP contribution in [0.2, 0.25) is 0 Å². The van der Waals surface area contributed by atoms with Crippen molar-refractivity contribution in [1.29, 1.82) is 0 Å². The smallest absolute Gasteiger partial charge is 0.00390 e. The molecule has 1 fully saturated rings. The molecule has 0 saturated heterocycles. The van der Waals surface area contributed by atoms with Crippen LogP contribution in [0, 0.1) is 11.3 Å². The Kier molecular flexibility index (Phi) is 3.76. The van der Waals surface area contributed by atoms with Crippen molar-refractivity contribution in [2.45, 2.75) is 71.1 Å². The van der Waals surface area contributed by atoms with Crippen molar-refractivity contribution in [1.82, 2.24) is 0 Å². The molecule has 0 bridgehead atoms. The molecule has 0 radical (unpaired) electrons. The summed E-state index contributed by atoms with van der Waals surface area (Å²) >= 11 is 0. The largest absolute Gasteiger partial charge is 0.103 e. The molecule has 2 atom stereocenters. The van der Waals surface area contributed by atoms with E-state index in [9.17, 15) is 0 Å². The van der Waals surface area contributed by atoms with E-state index in [1.165, 1.54) is 37.7 Å². The highest BCUT2D eigenvalue weighted by Gasteiger charge is 2.49. The molecule has 0 heteroatoms. The molecule has 2 unspecified atom stereocenters. The normalized spacial score (nSPS) is 30.3. The Bertz CT molecular complexity index is 537. The quantitative estimate of drug-likeness (QED) is 0.611. The second-order valence-corrected chi connectivity index (χ2v) is 8.17. The van der Waals surface area contributed by atoms with Gasteiger partial charge in [-0.15, -0.1) is 6.58 Å². The molecular weight excluding hydrogens is 252 g/mol. The van der Waals surface area contributed by atoms with Gasteiger partial charge in [-0.25, -0.2) is 0 Å². The molecule has 0 aromatic heterocycles. The minimum absolute atomic E-state index is 0.402. The Morgan fingerprint density at radius 3 is 2.81 bits per heavy atom. The van der Waals surface area contributed by atoms with E-state index < -0.39 is 0 Å². The Hall–Kier alpha value is -1.04. The van der Waals surface area contributed by atoms with Crippen LogP contribution < -0.4 is 0 Å². The molecule has 21 heavy (non-hydrogen) atoms. The molecule has 1 aromatic rings. The lowest BCUT2D eigenvalue weighted by Gasteiger charge is -2.54. The fourth-order valence-electron chi connectivity index (χ4n) is 5.25. The molecule has 0 spiro atoms. The molecule has 0 nitrogen and oxygen atoms in total. The fourth-order valence-corrected chi connectivity index (χ4v) is 5.25. The minimum atomic E-state index is 0.402. The van der Waals surface area contributed by atoms with Crippen LogP contribution in [-0.2, 0) is 18.3 Å². The van der Waals surface area contributed by atoms with Gasteiger partial charge in [-0.3, -0.25) is 0 Å².